The number of ether oxygens (including phenoxy) is 3. The van der Waals surface area contributed by atoms with E-state index in [1.165, 1.54) is 0 Å². The number of fused-ring (bicyclic) bond motifs is 1. The summed E-state index contributed by atoms with van der Waals surface area (Å²) in [5.41, 5.74) is 9.63. The smallest absolute Gasteiger partial charge is 0.244 e. The molecule has 3 aromatic rings. The van der Waals surface area contributed by atoms with E-state index in [-0.39, 0.29) is 5.88 Å². The van der Waals surface area contributed by atoms with Crippen molar-refractivity contribution in [3.63, 3.8) is 0 Å². The van der Waals surface area contributed by atoms with Crippen molar-refractivity contribution in [2.45, 2.75) is 26.2 Å². The summed E-state index contributed by atoms with van der Waals surface area (Å²) in [4.78, 5) is 0. The third-order valence-electron chi connectivity index (χ3n) is 5.06. The Balaban J connectivity index is 1.90. The van der Waals surface area contributed by atoms with Crippen LogP contribution in [-0.4, -0.2) is 23.4 Å². The molecule has 1 atom stereocenters. The number of para-hydroxylation sites is 1. The Labute approximate surface area is 181 Å². The van der Waals surface area contributed by atoms with Gasteiger partial charge in [0.1, 0.15) is 23.1 Å². The van der Waals surface area contributed by atoms with E-state index in [1.54, 1.807) is 0 Å². The molecule has 158 valence electrons. The van der Waals surface area contributed by atoms with Gasteiger partial charge in [-0.25, -0.2) is 0 Å². The number of aromatic amines is 1. The molecule has 0 bridgehead atoms. The first kappa shape index (κ1) is 20.4. The van der Waals surface area contributed by atoms with Gasteiger partial charge in [-0.15, -0.1) is 5.10 Å². The maximum atomic E-state index is 9.94. The second kappa shape index (κ2) is 8.84. The monoisotopic (exact) mass is 416 g/mol. The first-order chi connectivity index (χ1) is 15.2. The van der Waals surface area contributed by atoms with Crippen molar-refractivity contribution < 1.29 is 14.2 Å². The summed E-state index contributed by atoms with van der Waals surface area (Å²) >= 11 is 0. The summed E-state index contributed by atoms with van der Waals surface area (Å²) in [5, 5.41) is 17.3. The normalized spacial score (nSPS) is 15.1. The molecule has 0 saturated carbocycles. The van der Waals surface area contributed by atoms with Gasteiger partial charge in [-0.1, -0.05) is 37.3 Å². The predicted octanol–water partition coefficient (Wildman–Crippen LogP) is 4.48. The Hall–Kier alpha value is -3.92. The van der Waals surface area contributed by atoms with Gasteiger partial charge in [0.25, 0.3) is 0 Å². The molecule has 0 spiro atoms. The Kier molecular flexibility index (Phi) is 5.80. The van der Waals surface area contributed by atoms with Gasteiger partial charge in [-0.3, -0.25) is 5.10 Å². The molecule has 7 nitrogen and oxygen atoms in total. The number of nitrogens with zero attached hydrogens (tertiary/aromatic N) is 2. The van der Waals surface area contributed by atoms with Gasteiger partial charge in [0.2, 0.25) is 11.8 Å². The van der Waals surface area contributed by atoms with E-state index >= 15 is 0 Å². The second-order valence-electron chi connectivity index (χ2n) is 7.09. The fourth-order valence-electron chi connectivity index (χ4n) is 3.75. The predicted molar refractivity (Wildman–Crippen MR) is 117 cm³/mol. The zero-order chi connectivity index (χ0) is 21.8. The lowest BCUT2D eigenvalue weighted by Gasteiger charge is -2.25. The van der Waals surface area contributed by atoms with E-state index in [2.05, 4.69) is 16.3 Å². The number of nitrogens with two attached hydrogens (primary N) is 1. The standard InChI is InChI=1S/C24H24N4O3/c1-3-12-30-19-11-6-5-10-17(19)20-18(14-25)23(26)31-24-21(20)22(27-28-24)15-8-7-9-16(13-15)29-4-2/h5-11,13,20H,3-4,12,26H2,1-2H3,(H,27,28). The number of hydrogen-bond acceptors (Lipinski definition) is 6. The molecule has 2 heterocycles. The SMILES string of the molecule is CCCOc1ccccc1C1C(C#N)=C(N)Oc2n[nH]c(-c3cccc(OCC)c3)c21. The fourth-order valence-corrected chi connectivity index (χ4v) is 3.75. The first-order valence-electron chi connectivity index (χ1n) is 10.3. The van der Waals surface area contributed by atoms with Crippen LogP contribution in [-0.2, 0) is 0 Å². The number of allylic oxidation sites excluding steroid dienone is 1. The third-order valence-corrected chi connectivity index (χ3v) is 5.06. The molecule has 0 saturated heterocycles. The van der Waals surface area contributed by atoms with Crippen molar-refractivity contribution >= 4 is 0 Å². The highest BCUT2D eigenvalue weighted by molar-refractivity contribution is 5.72. The van der Waals surface area contributed by atoms with Gasteiger partial charge in [-0.05, 0) is 31.5 Å². The van der Waals surface area contributed by atoms with Crippen LogP contribution in [0.5, 0.6) is 17.4 Å². The minimum Gasteiger partial charge on any atom is -0.494 e. The van der Waals surface area contributed by atoms with E-state index in [4.69, 9.17) is 19.9 Å². The molecule has 0 aliphatic carbocycles. The quantitative estimate of drug-likeness (QED) is 0.588. The molecule has 7 heteroatoms. The topological polar surface area (TPSA) is 106 Å². The van der Waals surface area contributed by atoms with E-state index < -0.39 is 5.92 Å². The van der Waals surface area contributed by atoms with Crippen molar-refractivity contribution in [3.05, 3.63) is 71.1 Å². The summed E-state index contributed by atoms with van der Waals surface area (Å²) in [6.45, 7) is 5.13. The maximum absolute atomic E-state index is 9.94. The molecule has 1 aromatic heterocycles. The van der Waals surface area contributed by atoms with Crippen molar-refractivity contribution in [1.82, 2.24) is 10.2 Å². The average Bonchev–Trinajstić information content (AvgIpc) is 3.21. The number of aromatic nitrogens is 2. The largest absolute Gasteiger partial charge is 0.494 e. The molecule has 31 heavy (non-hydrogen) atoms. The van der Waals surface area contributed by atoms with Crippen LogP contribution in [0.1, 0.15) is 37.3 Å². The van der Waals surface area contributed by atoms with Gasteiger partial charge in [-0.2, -0.15) is 5.26 Å². The third kappa shape index (κ3) is 3.80. The summed E-state index contributed by atoms with van der Waals surface area (Å²) in [5.74, 6) is 1.37. The number of nitrogens with one attached hydrogen (secondary N) is 1. The van der Waals surface area contributed by atoms with Crippen molar-refractivity contribution in [1.29, 1.82) is 5.26 Å². The Morgan fingerprint density at radius 1 is 1.16 bits per heavy atom. The highest BCUT2D eigenvalue weighted by atomic mass is 16.5. The molecule has 4 rings (SSSR count). The minimum absolute atomic E-state index is 0.0476. The van der Waals surface area contributed by atoms with Gasteiger partial charge < -0.3 is 19.9 Å². The van der Waals surface area contributed by atoms with E-state index in [0.717, 1.165) is 34.6 Å². The van der Waals surface area contributed by atoms with E-state index in [0.29, 0.717) is 30.4 Å². The number of hydrogen-bond donors (Lipinski definition) is 2. The zero-order valence-corrected chi connectivity index (χ0v) is 17.5. The summed E-state index contributed by atoms with van der Waals surface area (Å²) in [6.07, 6.45) is 0.873. The van der Waals surface area contributed by atoms with Crippen LogP contribution in [0.3, 0.4) is 0 Å². The molecule has 0 fully saturated rings. The van der Waals surface area contributed by atoms with Gasteiger partial charge in [0, 0.05) is 11.1 Å². The molecule has 3 N–H and O–H groups in total. The molecule has 2 aromatic carbocycles. The molecule has 1 unspecified atom stereocenters. The van der Waals surface area contributed by atoms with Crippen LogP contribution < -0.4 is 19.9 Å². The van der Waals surface area contributed by atoms with Crippen molar-refractivity contribution in [2.75, 3.05) is 13.2 Å². The van der Waals surface area contributed by atoms with Gasteiger partial charge >= 0.3 is 0 Å². The van der Waals surface area contributed by atoms with Crippen LogP contribution in [0.15, 0.2) is 60.0 Å². The number of H-pyrrole nitrogens is 1. The zero-order valence-electron chi connectivity index (χ0n) is 17.5. The van der Waals surface area contributed by atoms with Crippen molar-refractivity contribution in [2.24, 2.45) is 5.73 Å². The Morgan fingerprint density at radius 3 is 2.77 bits per heavy atom. The molecule has 0 amide bonds. The minimum atomic E-state index is -0.480. The molecular weight excluding hydrogens is 392 g/mol. The lowest BCUT2D eigenvalue weighted by Crippen LogP contribution is -2.21. The average molecular weight is 416 g/mol. The lowest BCUT2D eigenvalue weighted by atomic mass is 9.82. The Morgan fingerprint density at radius 2 is 2.00 bits per heavy atom. The Bertz CT molecular complexity index is 1160. The van der Waals surface area contributed by atoms with Crippen LogP contribution in [0.25, 0.3) is 11.3 Å². The van der Waals surface area contributed by atoms with Gasteiger partial charge in [0.15, 0.2) is 0 Å². The van der Waals surface area contributed by atoms with E-state index in [9.17, 15) is 5.26 Å². The summed E-state index contributed by atoms with van der Waals surface area (Å²) in [6, 6.07) is 17.6. The number of nitriles is 1. The number of benzene rings is 2. The van der Waals surface area contributed by atoms with E-state index in [1.807, 2.05) is 62.4 Å². The van der Waals surface area contributed by atoms with Crippen molar-refractivity contribution in [3.8, 4) is 34.7 Å². The first-order valence-corrected chi connectivity index (χ1v) is 10.3. The van der Waals surface area contributed by atoms with Crippen LogP contribution in [0, 0.1) is 11.3 Å². The number of rotatable bonds is 7. The maximum Gasteiger partial charge on any atom is 0.244 e. The lowest BCUT2D eigenvalue weighted by molar-refractivity contribution is 0.312. The summed E-state index contributed by atoms with van der Waals surface area (Å²) in [7, 11) is 0. The highest BCUT2D eigenvalue weighted by Gasteiger charge is 2.37. The molecular formula is C24H24N4O3. The highest BCUT2D eigenvalue weighted by Crippen LogP contribution is 2.48. The second-order valence-corrected chi connectivity index (χ2v) is 7.09. The molecule has 1 aliphatic rings. The summed E-state index contributed by atoms with van der Waals surface area (Å²) < 4.78 is 17.4. The van der Waals surface area contributed by atoms with Gasteiger partial charge in [0.05, 0.1) is 30.4 Å². The van der Waals surface area contributed by atoms with Crippen LogP contribution in [0.4, 0.5) is 0 Å². The van der Waals surface area contributed by atoms with Crippen LogP contribution in [0.2, 0.25) is 0 Å². The molecule has 0 radical (unpaired) electrons. The fraction of sp³-hybridized carbons (Fsp3) is 0.250. The molecule has 1 aliphatic heterocycles. The van der Waals surface area contributed by atoms with Crippen LogP contribution >= 0.6 is 0 Å².